The molecule has 1 N–H and O–H groups in total. The van der Waals surface area contributed by atoms with Crippen LogP contribution in [-0.4, -0.2) is 85.5 Å². The van der Waals surface area contributed by atoms with Crippen LogP contribution in [0.1, 0.15) is 0 Å². The van der Waals surface area contributed by atoms with Crippen molar-refractivity contribution in [3.8, 4) is 11.4 Å². The van der Waals surface area contributed by atoms with Crippen molar-refractivity contribution in [1.82, 2.24) is 19.9 Å². The molecule has 2 aliphatic rings. The summed E-state index contributed by atoms with van der Waals surface area (Å²) in [6.45, 7) is 8.75. The molecule has 0 atom stereocenters. The molecule has 4 rings (SSSR count). The topological polar surface area (TPSA) is 75.6 Å². The summed E-state index contributed by atoms with van der Waals surface area (Å²) in [5.74, 6) is 2.50. The zero-order valence-corrected chi connectivity index (χ0v) is 15.5. The van der Waals surface area contributed by atoms with E-state index in [9.17, 15) is 0 Å². The minimum atomic E-state index is 0.687. The quantitative estimate of drug-likeness (QED) is 0.811. The molecule has 0 unspecified atom stereocenters. The molecule has 2 saturated heterocycles. The first-order valence-electron chi connectivity index (χ1n) is 9.55. The van der Waals surface area contributed by atoms with Gasteiger partial charge in [0.1, 0.15) is 11.6 Å². The smallest absolute Gasteiger partial charge is 0.163 e. The third kappa shape index (κ3) is 4.91. The van der Waals surface area contributed by atoms with Gasteiger partial charge in [-0.3, -0.25) is 4.90 Å². The number of pyridine rings is 1. The predicted octanol–water partition coefficient (Wildman–Crippen LogP) is 1.12. The molecule has 0 radical (unpaired) electrons. The number of anilines is 2. The second kappa shape index (κ2) is 9.07. The summed E-state index contributed by atoms with van der Waals surface area (Å²) in [5.41, 5.74) is 0.920. The van der Waals surface area contributed by atoms with Crippen LogP contribution in [0.2, 0.25) is 0 Å². The second-order valence-corrected chi connectivity index (χ2v) is 6.65. The molecule has 144 valence electrons. The molecule has 0 saturated carbocycles. The molecule has 2 aliphatic heterocycles. The maximum Gasteiger partial charge on any atom is 0.163 e. The Morgan fingerprint density at radius 3 is 2.44 bits per heavy atom. The Kier molecular flexibility index (Phi) is 6.08. The monoisotopic (exact) mass is 370 g/mol. The van der Waals surface area contributed by atoms with Crippen LogP contribution < -0.4 is 10.2 Å². The highest BCUT2D eigenvalue weighted by Crippen LogP contribution is 2.19. The van der Waals surface area contributed by atoms with E-state index >= 15 is 0 Å². The molecule has 0 bridgehead atoms. The van der Waals surface area contributed by atoms with Gasteiger partial charge in [0.15, 0.2) is 5.82 Å². The van der Waals surface area contributed by atoms with Gasteiger partial charge in [-0.15, -0.1) is 0 Å². The number of ether oxygens (including phenoxy) is 2. The number of rotatable bonds is 6. The summed E-state index contributed by atoms with van der Waals surface area (Å²) in [4.78, 5) is 18.2. The number of aromatic nitrogens is 3. The summed E-state index contributed by atoms with van der Waals surface area (Å²) in [6.07, 6.45) is 3.63. The molecule has 8 nitrogen and oxygen atoms in total. The van der Waals surface area contributed by atoms with E-state index in [0.717, 1.165) is 82.9 Å². The van der Waals surface area contributed by atoms with Gasteiger partial charge < -0.3 is 19.7 Å². The molecule has 0 aromatic carbocycles. The molecule has 2 fully saturated rings. The fraction of sp³-hybridized carbons (Fsp3) is 0.526. The van der Waals surface area contributed by atoms with Crippen LogP contribution in [0.25, 0.3) is 11.4 Å². The summed E-state index contributed by atoms with van der Waals surface area (Å²) in [5, 5.41) is 3.39. The number of hydrogen-bond donors (Lipinski definition) is 1. The van der Waals surface area contributed by atoms with E-state index in [0.29, 0.717) is 5.82 Å². The van der Waals surface area contributed by atoms with E-state index in [1.54, 1.807) is 6.20 Å². The van der Waals surface area contributed by atoms with Crippen molar-refractivity contribution in [1.29, 1.82) is 0 Å². The highest BCUT2D eigenvalue weighted by atomic mass is 16.5. The lowest BCUT2D eigenvalue weighted by atomic mass is 10.2. The molecule has 0 spiro atoms. The predicted molar refractivity (Wildman–Crippen MR) is 104 cm³/mol. The first-order valence-corrected chi connectivity index (χ1v) is 9.55. The lowest BCUT2D eigenvalue weighted by Gasteiger charge is -2.27. The highest BCUT2D eigenvalue weighted by molar-refractivity contribution is 5.58. The van der Waals surface area contributed by atoms with Crippen LogP contribution in [0, 0.1) is 0 Å². The largest absolute Gasteiger partial charge is 0.379 e. The first kappa shape index (κ1) is 18.1. The van der Waals surface area contributed by atoms with Crippen molar-refractivity contribution in [2.75, 3.05) is 75.9 Å². The highest BCUT2D eigenvalue weighted by Gasteiger charge is 2.13. The fourth-order valence-corrected chi connectivity index (χ4v) is 3.26. The van der Waals surface area contributed by atoms with Crippen LogP contribution >= 0.6 is 0 Å². The molecule has 8 heteroatoms. The van der Waals surface area contributed by atoms with Gasteiger partial charge in [0.05, 0.1) is 26.4 Å². The van der Waals surface area contributed by atoms with E-state index in [2.05, 4.69) is 30.1 Å². The van der Waals surface area contributed by atoms with Crippen molar-refractivity contribution in [3.05, 3.63) is 30.6 Å². The second-order valence-electron chi connectivity index (χ2n) is 6.65. The molecule has 27 heavy (non-hydrogen) atoms. The Morgan fingerprint density at radius 2 is 1.70 bits per heavy atom. The lowest BCUT2D eigenvalue weighted by molar-refractivity contribution is 0.0398. The van der Waals surface area contributed by atoms with Crippen molar-refractivity contribution >= 4 is 11.6 Å². The Hall–Kier alpha value is -2.29. The maximum absolute atomic E-state index is 5.39. The summed E-state index contributed by atoms with van der Waals surface area (Å²) in [7, 11) is 0. The number of nitrogens with zero attached hydrogens (tertiary/aromatic N) is 5. The molecule has 2 aromatic rings. The molecule has 2 aromatic heterocycles. The summed E-state index contributed by atoms with van der Waals surface area (Å²) < 4.78 is 10.8. The van der Waals surface area contributed by atoms with Crippen molar-refractivity contribution in [3.63, 3.8) is 0 Å². The summed E-state index contributed by atoms with van der Waals surface area (Å²) >= 11 is 0. The van der Waals surface area contributed by atoms with E-state index in [-0.39, 0.29) is 0 Å². The number of nitrogens with one attached hydrogen (secondary N) is 1. The zero-order chi connectivity index (χ0) is 18.3. The van der Waals surface area contributed by atoms with Crippen LogP contribution in [0.3, 0.4) is 0 Å². The lowest BCUT2D eigenvalue weighted by Crippen LogP contribution is -2.39. The van der Waals surface area contributed by atoms with Gasteiger partial charge in [0.25, 0.3) is 0 Å². The first-order chi connectivity index (χ1) is 13.4. The van der Waals surface area contributed by atoms with Crippen LogP contribution in [-0.2, 0) is 9.47 Å². The third-order valence-electron chi connectivity index (χ3n) is 4.83. The van der Waals surface area contributed by atoms with E-state index in [1.165, 1.54) is 0 Å². The van der Waals surface area contributed by atoms with Gasteiger partial charge in [-0.05, 0) is 18.2 Å². The van der Waals surface area contributed by atoms with Gasteiger partial charge >= 0.3 is 0 Å². The third-order valence-corrected chi connectivity index (χ3v) is 4.83. The normalized spacial score (nSPS) is 18.4. The molecule has 0 aliphatic carbocycles. The van der Waals surface area contributed by atoms with Crippen molar-refractivity contribution in [2.45, 2.75) is 0 Å². The van der Waals surface area contributed by atoms with Crippen molar-refractivity contribution in [2.24, 2.45) is 0 Å². The molecule has 0 amide bonds. The average Bonchev–Trinajstić information content (AvgIpc) is 2.76. The SMILES string of the molecule is c1cc(NCCN2CCOCC2)nc(-c2ccc(N3CCOCC3)nc2)n1. The summed E-state index contributed by atoms with van der Waals surface area (Å²) in [6, 6.07) is 5.96. The van der Waals surface area contributed by atoms with Gasteiger partial charge in [-0.25, -0.2) is 15.0 Å². The minimum Gasteiger partial charge on any atom is -0.379 e. The van der Waals surface area contributed by atoms with Gasteiger partial charge in [-0.2, -0.15) is 0 Å². The number of hydrogen-bond acceptors (Lipinski definition) is 8. The zero-order valence-electron chi connectivity index (χ0n) is 15.5. The van der Waals surface area contributed by atoms with Crippen LogP contribution in [0.5, 0.6) is 0 Å². The standard InChI is InChI=1S/C19H26N6O2/c1-2-18(25-9-13-27-14-10-25)22-15-16(1)19-21-4-3-17(23-19)20-5-6-24-7-11-26-12-8-24/h1-4,15H,5-14H2,(H,20,21,23). The molecular weight excluding hydrogens is 344 g/mol. The fourth-order valence-electron chi connectivity index (χ4n) is 3.26. The molecule has 4 heterocycles. The van der Waals surface area contributed by atoms with E-state index in [4.69, 9.17) is 9.47 Å². The Balaban J connectivity index is 1.35. The number of morpholine rings is 2. The Morgan fingerprint density at radius 1 is 0.926 bits per heavy atom. The maximum atomic E-state index is 5.39. The molecular formula is C19H26N6O2. The Bertz CT molecular complexity index is 714. The van der Waals surface area contributed by atoms with Crippen molar-refractivity contribution < 1.29 is 9.47 Å². The van der Waals surface area contributed by atoms with Crippen LogP contribution in [0.15, 0.2) is 30.6 Å². The average molecular weight is 370 g/mol. The van der Waals surface area contributed by atoms with E-state index < -0.39 is 0 Å². The minimum absolute atomic E-state index is 0.687. The van der Waals surface area contributed by atoms with Gasteiger partial charge in [0, 0.05) is 57.2 Å². The Labute approximate surface area is 159 Å². The van der Waals surface area contributed by atoms with Crippen LogP contribution in [0.4, 0.5) is 11.6 Å². The van der Waals surface area contributed by atoms with Gasteiger partial charge in [0.2, 0.25) is 0 Å². The van der Waals surface area contributed by atoms with E-state index in [1.807, 2.05) is 24.4 Å². The van der Waals surface area contributed by atoms with Gasteiger partial charge in [-0.1, -0.05) is 0 Å².